The second-order valence-corrected chi connectivity index (χ2v) is 13.3. The number of piperazine rings is 1. The summed E-state index contributed by atoms with van der Waals surface area (Å²) in [6, 6.07) is 27.7. The van der Waals surface area contributed by atoms with Crippen molar-refractivity contribution < 1.29 is 19.0 Å². The van der Waals surface area contributed by atoms with Gasteiger partial charge in [0.25, 0.3) is 0 Å². The third-order valence-corrected chi connectivity index (χ3v) is 9.09. The first-order valence-corrected chi connectivity index (χ1v) is 17.7. The van der Waals surface area contributed by atoms with Crippen LogP contribution in [0.2, 0.25) is 10.2 Å². The molecule has 1 aliphatic rings. The van der Waals surface area contributed by atoms with Crippen molar-refractivity contribution in [2.75, 3.05) is 32.8 Å². The molecule has 2 aromatic heterocycles. The third kappa shape index (κ3) is 11.2. The van der Waals surface area contributed by atoms with Gasteiger partial charge in [-0.1, -0.05) is 77.3 Å². The normalized spacial score (nSPS) is 13.1. The van der Waals surface area contributed by atoms with E-state index in [1.54, 1.807) is 42.7 Å². The van der Waals surface area contributed by atoms with Crippen LogP contribution in [0.5, 0.6) is 23.1 Å². The molecule has 1 aliphatic heterocycles. The molecule has 3 aromatic carbocycles. The molecule has 3 heterocycles. The summed E-state index contributed by atoms with van der Waals surface area (Å²) in [7, 11) is 0. The van der Waals surface area contributed by atoms with Crippen molar-refractivity contribution in [2.24, 2.45) is 0 Å². The minimum atomic E-state index is -0.0152. The fraction of sp³-hybridized carbons (Fsp3) is 0.244. The van der Waals surface area contributed by atoms with Crippen molar-refractivity contribution in [3.8, 4) is 23.1 Å². The largest absolute Gasteiger partial charge is 0.492 e. The number of nitrogens with zero attached hydrogens (tertiary/aromatic N) is 4. The Labute approximate surface area is 321 Å². The molecule has 0 unspecified atom stereocenters. The second kappa shape index (κ2) is 18.8. The van der Waals surface area contributed by atoms with Crippen LogP contribution in [-0.4, -0.2) is 58.5 Å². The predicted molar refractivity (Wildman–Crippen MR) is 209 cm³/mol. The van der Waals surface area contributed by atoms with Gasteiger partial charge in [-0.2, -0.15) is 0 Å². The summed E-state index contributed by atoms with van der Waals surface area (Å²) in [6.45, 7) is 8.83. The van der Waals surface area contributed by atoms with Gasteiger partial charge in [0.15, 0.2) is 5.75 Å². The second-order valence-electron chi connectivity index (χ2n) is 12.5. The lowest BCUT2D eigenvalue weighted by atomic mass is 10.1. The zero-order valence-electron chi connectivity index (χ0n) is 29.1. The summed E-state index contributed by atoms with van der Waals surface area (Å²) in [6.07, 6.45) is 7.48. The smallest absolute Gasteiger partial charge is 0.246 e. The molecule has 0 aliphatic carbocycles. The lowest BCUT2D eigenvalue weighted by Crippen LogP contribution is -2.47. The molecule has 1 amide bonds. The van der Waals surface area contributed by atoms with E-state index in [1.807, 2.05) is 42.2 Å². The van der Waals surface area contributed by atoms with Gasteiger partial charge < -0.3 is 19.1 Å². The van der Waals surface area contributed by atoms with E-state index in [0.717, 1.165) is 42.7 Å². The Morgan fingerprint density at radius 3 is 2.13 bits per heavy atom. The molecule has 0 spiro atoms. The van der Waals surface area contributed by atoms with Crippen LogP contribution in [-0.2, 0) is 24.4 Å². The molecule has 5 aromatic rings. The number of carbonyl (C=O) groups excluding carboxylic acids is 1. The van der Waals surface area contributed by atoms with Crippen molar-refractivity contribution in [1.82, 2.24) is 19.8 Å². The number of hydrogen-bond donors (Lipinski definition) is 0. The van der Waals surface area contributed by atoms with E-state index in [-0.39, 0.29) is 18.3 Å². The topological polar surface area (TPSA) is 77.0 Å². The van der Waals surface area contributed by atoms with Crippen molar-refractivity contribution in [3.05, 3.63) is 147 Å². The molecule has 0 radical (unpaired) electrons. The molecular formula is C41H41Cl3N4O4. The van der Waals surface area contributed by atoms with Gasteiger partial charge in [0.1, 0.15) is 23.3 Å². The maximum atomic E-state index is 13.0. The molecule has 8 nitrogen and oxygen atoms in total. The highest BCUT2D eigenvalue weighted by atomic mass is 35.5. The molecule has 0 bridgehead atoms. The van der Waals surface area contributed by atoms with Gasteiger partial charge in [0, 0.05) is 51.3 Å². The number of benzene rings is 3. The fourth-order valence-corrected chi connectivity index (χ4v) is 6.08. The van der Waals surface area contributed by atoms with E-state index in [1.165, 1.54) is 16.7 Å². The Morgan fingerprint density at radius 2 is 1.46 bits per heavy atom. The Hall–Kier alpha value is -4.60. The molecule has 6 rings (SSSR count). The highest BCUT2D eigenvalue weighted by molar-refractivity contribution is 6.32. The van der Waals surface area contributed by atoms with Crippen LogP contribution in [0.15, 0.2) is 103 Å². The van der Waals surface area contributed by atoms with Crippen molar-refractivity contribution in [2.45, 2.75) is 33.4 Å². The van der Waals surface area contributed by atoms with Gasteiger partial charge in [-0.3, -0.25) is 9.69 Å². The van der Waals surface area contributed by atoms with Crippen molar-refractivity contribution >= 4 is 47.6 Å². The summed E-state index contributed by atoms with van der Waals surface area (Å²) >= 11 is 12.5. The molecular weight excluding hydrogens is 719 g/mol. The van der Waals surface area contributed by atoms with Crippen LogP contribution in [0, 0.1) is 13.8 Å². The minimum Gasteiger partial charge on any atom is -0.492 e. The van der Waals surface area contributed by atoms with E-state index in [0.29, 0.717) is 59.6 Å². The number of amides is 1. The number of rotatable bonds is 13. The van der Waals surface area contributed by atoms with Crippen LogP contribution in [0.1, 0.15) is 33.4 Å². The first kappa shape index (κ1) is 38.6. The highest BCUT2D eigenvalue weighted by Gasteiger charge is 2.20. The van der Waals surface area contributed by atoms with Gasteiger partial charge in [-0.15, -0.1) is 12.4 Å². The van der Waals surface area contributed by atoms with Crippen LogP contribution < -0.4 is 14.2 Å². The Balaban J connectivity index is 0.00000523. The van der Waals surface area contributed by atoms with Gasteiger partial charge in [-0.05, 0) is 78.1 Å². The molecule has 1 fully saturated rings. The van der Waals surface area contributed by atoms with E-state index in [9.17, 15) is 4.79 Å². The monoisotopic (exact) mass is 758 g/mol. The van der Waals surface area contributed by atoms with Crippen molar-refractivity contribution in [3.63, 3.8) is 0 Å². The number of aromatic nitrogens is 2. The summed E-state index contributed by atoms with van der Waals surface area (Å²) < 4.78 is 17.6. The maximum Gasteiger partial charge on any atom is 0.246 e. The first-order valence-electron chi connectivity index (χ1n) is 16.9. The number of carbonyl (C=O) groups is 1. The molecule has 1 saturated heterocycles. The fourth-order valence-electron chi connectivity index (χ4n) is 5.65. The van der Waals surface area contributed by atoms with Crippen molar-refractivity contribution in [1.29, 1.82) is 0 Å². The average Bonchev–Trinajstić information content (AvgIpc) is 3.14. The SMILES string of the molecule is Cc1ccc(COc2ccc(Oc3c(C)cc(/C=C/C(=O)N4CCN(Cc5ccc(CCOc6ccc(Cl)nc6)cc5)CC4)cc3Cl)nc2)cc1.Cl. The molecule has 0 saturated carbocycles. The van der Waals surface area contributed by atoms with E-state index in [4.69, 9.17) is 37.4 Å². The standard InChI is InChI=1S/C41H40Cl2N4O4.ClH/c1-29-3-5-33(6-4-29)28-50-36-13-15-39(45-26-36)51-41-30(2)23-34(24-37(41)42)11-16-40(48)47-20-18-46(19-21-47)27-32-9-7-31(8-10-32)17-22-49-35-12-14-38(43)44-25-35;/h3-16,23-26H,17-22,27-28H2,1-2H3;1H/b16-11+;. The zero-order valence-corrected chi connectivity index (χ0v) is 31.5. The third-order valence-electron chi connectivity index (χ3n) is 8.58. The van der Waals surface area contributed by atoms with Gasteiger partial charge >= 0.3 is 0 Å². The molecule has 270 valence electrons. The van der Waals surface area contributed by atoms with Crippen LogP contribution in [0.25, 0.3) is 6.08 Å². The van der Waals surface area contributed by atoms with Crippen LogP contribution >= 0.6 is 35.6 Å². The molecule has 0 atom stereocenters. The predicted octanol–water partition coefficient (Wildman–Crippen LogP) is 9.17. The highest BCUT2D eigenvalue weighted by Crippen LogP contribution is 2.34. The minimum absolute atomic E-state index is 0. The van der Waals surface area contributed by atoms with Gasteiger partial charge in [-0.25, -0.2) is 9.97 Å². The number of halogens is 3. The Kier molecular flexibility index (Phi) is 13.9. The van der Waals surface area contributed by atoms with E-state index >= 15 is 0 Å². The number of aryl methyl sites for hydroxylation is 2. The number of ether oxygens (including phenoxy) is 3. The maximum absolute atomic E-state index is 13.0. The zero-order chi connectivity index (χ0) is 35.6. The van der Waals surface area contributed by atoms with E-state index < -0.39 is 0 Å². The van der Waals surface area contributed by atoms with Gasteiger partial charge in [0.2, 0.25) is 11.8 Å². The first-order chi connectivity index (χ1) is 24.8. The molecule has 52 heavy (non-hydrogen) atoms. The molecule has 11 heteroatoms. The quantitative estimate of drug-likeness (QED) is 0.0876. The summed E-state index contributed by atoms with van der Waals surface area (Å²) in [4.78, 5) is 25.7. The summed E-state index contributed by atoms with van der Waals surface area (Å²) in [5.41, 5.74) is 6.41. The molecule has 0 N–H and O–H groups in total. The Morgan fingerprint density at radius 1 is 0.788 bits per heavy atom. The number of pyridine rings is 2. The van der Waals surface area contributed by atoms with Gasteiger partial charge in [0.05, 0.1) is 24.0 Å². The number of hydrogen-bond acceptors (Lipinski definition) is 7. The summed E-state index contributed by atoms with van der Waals surface area (Å²) in [5.74, 6) is 2.27. The lowest BCUT2D eigenvalue weighted by molar-refractivity contribution is -0.127. The average molecular weight is 760 g/mol. The van der Waals surface area contributed by atoms with Crippen LogP contribution in [0.3, 0.4) is 0 Å². The lowest BCUT2D eigenvalue weighted by Gasteiger charge is -2.34. The Bertz CT molecular complexity index is 1910. The summed E-state index contributed by atoms with van der Waals surface area (Å²) in [5, 5.41) is 0.889. The van der Waals surface area contributed by atoms with E-state index in [2.05, 4.69) is 58.2 Å². The van der Waals surface area contributed by atoms with Crippen LogP contribution in [0.4, 0.5) is 0 Å².